The van der Waals surface area contributed by atoms with Gasteiger partial charge in [0.25, 0.3) is 0 Å². The van der Waals surface area contributed by atoms with Crippen molar-refractivity contribution in [1.29, 1.82) is 0 Å². The van der Waals surface area contributed by atoms with Gasteiger partial charge in [0.1, 0.15) is 11.6 Å². The Morgan fingerprint density at radius 1 is 1.15 bits per heavy atom. The molecular weight excluding hydrogens is 476 g/mol. The predicted octanol–water partition coefficient (Wildman–Crippen LogP) is 5.70. The Morgan fingerprint density at radius 3 is 2.68 bits per heavy atom. The fourth-order valence-electron chi connectivity index (χ4n) is 3.50. The number of hydrogen-bond donors (Lipinski definition) is 2. The van der Waals surface area contributed by atoms with Crippen LogP contribution in [0.25, 0.3) is 21.3 Å². The molecule has 180 valence electrons. The highest BCUT2D eigenvalue weighted by atomic mass is 32.1. The average Bonchev–Trinajstić information content (AvgIpc) is 3.29. The number of unbranched alkanes of at least 4 members (excludes halogenated alkanes) is 2. The van der Waals surface area contributed by atoms with Gasteiger partial charge in [0, 0.05) is 32.2 Å². The van der Waals surface area contributed by atoms with Crippen molar-refractivity contribution in [3.63, 3.8) is 0 Å². The van der Waals surface area contributed by atoms with Crippen molar-refractivity contribution in [2.24, 2.45) is 7.05 Å². The lowest BCUT2D eigenvalue weighted by Gasteiger charge is -2.07. The molecule has 0 radical (unpaired) electrons. The van der Waals surface area contributed by atoms with Crippen LogP contribution in [0.3, 0.4) is 0 Å². The van der Waals surface area contributed by atoms with Crippen molar-refractivity contribution in [2.45, 2.75) is 32.0 Å². The molecule has 0 unspecified atom stereocenters. The Morgan fingerprint density at radius 2 is 1.94 bits per heavy atom. The molecular formula is C22H20F4N4O3S. The zero-order chi connectivity index (χ0) is 24.5. The fraction of sp³-hybridized carbons (Fsp3) is 0.318. The first-order chi connectivity index (χ1) is 16.1. The van der Waals surface area contributed by atoms with E-state index in [1.54, 1.807) is 11.6 Å². The number of imidazole rings is 1. The molecule has 2 aromatic carbocycles. The van der Waals surface area contributed by atoms with Gasteiger partial charge in [0.05, 0.1) is 26.8 Å². The zero-order valence-corrected chi connectivity index (χ0v) is 18.8. The summed E-state index contributed by atoms with van der Waals surface area (Å²) in [7, 11) is 1.66. The minimum Gasteiger partial charge on any atom is -0.406 e. The smallest absolute Gasteiger partial charge is 0.406 e. The SMILES string of the molecule is Cn1c(Nc2nc3ccc(OC(F)(F)F)cc3s2)nc2cc(C(=O)CCCCCO)c(F)cc21. The summed E-state index contributed by atoms with van der Waals surface area (Å²) in [4.78, 5) is 21.2. The number of aliphatic hydroxyl groups excluding tert-OH is 1. The van der Waals surface area contributed by atoms with Crippen LogP contribution in [0.2, 0.25) is 0 Å². The zero-order valence-electron chi connectivity index (χ0n) is 17.9. The number of Topliss-reactive ketones (excluding diaryl/α,β-unsaturated/α-hetero) is 1. The van der Waals surface area contributed by atoms with Gasteiger partial charge in [-0.05, 0) is 31.0 Å². The molecule has 0 atom stereocenters. The third-order valence-corrected chi connectivity index (χ3v) is 6.08. The van der Waals surface area contributed by atoms with Gasteiger partial charge in [-0.15, -0.1) is 13.2 Å². The highest BCUT2D eigenvalue weighted by molar-refractivity contribution is 7.22. The maximum Gasteiger partial charge on any atom is 0.573 e. The molecule has 4 rings (SSSR count). The van der Waals surface area contributed by atoms with Gasteiger partial charge in [-0.1, -0.05) is 17.8 Å². The lowest BCUT2D eigenvalue weighted by atomic mass is 10.0. The van der Waals surface area contributed by atoms with Gasteiger partial charge in [0.15, 0.2) is 10.9 Å². The standard InChI is InChI=1S/C22H20F4N4O3S/c1-30-17-11-14(23)13(18(32)5-3-2-4-8-31)10-16(17)27-20(30)29-21-28-15-7-6-12(9-19(15)34-21)33-22(24,25)26/h6-7,9-11,31H,2-5,8H2,1H3,(H,27,28,29). The maximum atomic E-state index is 14.6. The third kappa shape index (κ3) is 5.28. The Hall–Kier alpha value is -3.25. The maximum absolute atomic E-state index is 14.6. The highest BCUT2D eigenvalue weighted by Gasteiger charge is 2.31. The molecule has 4 aromatic rings. The topological polar surface area (TPSA) is 89.3 Å². The summed E-state index contributed by atoms with van der Waals surface area (Å²) in [5, 5.41) is 12.2. The van der Waals surface area contributed by atoms with Crippen molar-refractivity contribution in [3.8, 4) is 5.75 Å². The number of rotatable bonds is 9. The van der Waals surface area contributed by atoms with Crippen LogP contribution in [0.1, 0.15) is 36.0 Å². The lowest BCUT2D eigenvalue weighted by molar-refractivity contribution is -0.274. The van der Waals surface area contributed by atoms with Gasteiger partial charge in [-0.2, -0.15) is 0 Å². The number of nitrogens with zero attached hydrogens (tertiary/aromatic N) is 3. The number of nitrogens with one attached hydrogen (secondary N) is 1. The van der Waals surface area contributed by atoms with Crippen LogP contribution in [0.4, 0.5) is 28.6 Å². The van der Waals surface area contributed by atoms with Crippen molar-refractivity contribution < 1.29 is 32.2 Å². The molecule has 34 heavy (non-hydrogen) atoms. The number of aliphatic hydroxyl groups is 1. The number of aromatic nitrogens is 3. The summed E-state index contributed by atoms with van der Waals surface area (Å²) in [6, 6.07) is 6.49. The molecule has 0 spiro atoms. The third-order valence-electron chi connectivity index (χ3n) is 5.14. The Balaban J connectivity index is 1.57. The average molecular weight is 496 g/mol. The van der Waals surface area contributed by atoms with E-state index in [-0.39, 0.29) is 30.1 Å². The predicted molar refractivity (Wildman–Crippen MR) is 120 cm³/mol. The number of anilines is 2. The van der Waals surface area contributed by atoms with Crippen molar-refractivity contribution in [3.05, 3.63) is 41.7 Å². The van der Waals surface area contributed by atoms with Gasteiger partial charge >= 0.3 is 6.36 Å². The summed E-state index contributed by atoms with van der Waals surface area (Å²) in [5.74, 6) is -0.998. The number of hydrogen-bond acceptors (Lipinski definition) is 7. The molecule has 0 aliphatic rings. The van der Waals surface area contributed by atoms with Crippen LogP contribution in [0, 0.1) is 5.82 Å². The summed E-state index contributed by atoms with van der Waals surface area (Å²) < 4.78 is 58.0. The normalized spacial score (nSPS) is 11.9. The van der Waals surface area contributed by atoms with E-state index in [1.165, 1.54) is 30.3 Å². The lowest BCUT2D eigenvalue weighted by Crippen LogP contribution is -2.16. The van der Waals surface area contributed by atoms with E-state index in [2.05, 4.69) is 20.0 Å². The number of ketones is 1. The summed E-state index contributed by atoms with van der Waals surface area (Å²) in [5.41, 5.74) is 1.30. The molecule has 2 N–H and O–H groups in total. The molecule has 0 bridgehead atoms. The second-order valence-electron chi connectivity index (χ2n) is 7.59. The van der Waals surface area contributed by atoms with Crippen LogP contribution in [0.5, 0.6) is 5.75 Å². The van der Waals surface area contributed by atoms with Crippen LogP contribution in [-0.4, -0.2) is 38.4 Å². The summed E-state index contributed by atoms with van der Waals surface area (Å²) >= 11 is 1.11. The first kappa shape index (κ1) is 23.9. The number of alkyl halides is 3. The first-order valence-corrected chi connectivity index (χ1v) is 11.2. The first-order valence-electron chi connectivity index (χ1n) is 10.4. The van der Waals surface area contributed by atoms with Crippen LogP contribution in [0.15, 0.2) is 30.3 Å². The summed E-state index contributed by atoms with van der Waals surface area (Å²) in [6.07, 6.45) is -2.80. The van der Waals surface area contributed by atoms with Crippen molar-refractivity contribution in [2.75, 3.05) is 11.9 Å². The van der Waals surface area contributed by atoms with Gasteiger partial charge in [-0.3, -0.25) is 4.79 Å². The van der Waals surface area contributed by atoms with Crippen LogP contribution >= 0.6 is 11.3 Å². The summed E-state index contributed by atoms with van der Waals surface area (Å²) in [6.45, 7) is 0.0510. The molecule has 12 heteroatoms. The number of thiazole rings is 1. The Labute approximate surface area is 195 Å². The molecule has 0 aliphatic carbocycles. The monoisotopic (exact) mass is 496 g/mol. The molecule has 0 saturated carbocycles. The van der Waals surface area contributed by atoms with Crippen molar-refractivity contribution >= 4 is 49.4 Å². The minimum atomic E-state index is -4.79. The number of ether oxygens (including phenoxy) is 1. The fourth-order valence-corrected chi connectivity index (χ4v) is 4.39. The van der Waals surface area contributed by atoms with Gasteiger partial charge in [0.2, 0.25) is 5.95 Å². The highest BCUT2D eigenvalue weighted by Crippen LogP contribution is 2.33. The number of aryl methyl sites for hydroxylation is 1. The van der Waals surface area contributed by atoms with E-state index < -0.39 is 12.2 Å². The van der Waals surface area contributed by atoms with E-state index in [0.717, 1.165) is 11.3 Å². The van der Waals surface area contributed by atoms with E-state index in [0.29, 0.717) is 51.6 Å². The quantitative estimate of drug-likeness (QED) is 0.176. The molecule has 0 saturated heterocycles. The Kier molecular flexibility index (Phi) is 6.71. The largest absolute Gasteiger partial charge is 0.573 e. The van der Waals surface area contributed by atoms with Gasteiger partial charge in [-0.25, -0.2) is 14.4 Å². The van der Waals surface area contributed by atoms with E-state index in [9.17, 15) is 22.4 Å². The number of benzene rings is 2. The molecule has 0 fully saturated rings. The molecule has 7 nitrogen and oxygen atoms in total. The van der Waals surface area contributed by atoms with Crippen LogP contribution < -0.4 is 10.1 Å². The number of fused-ring (bicyclic) bond motifs is 2. The van der Waals surface area contributed by atoms with E-state index >= 15 is 0 Å². The van der Waals surface area contributed by atoms with Gasteiger partial charge < -0.3 is 19.7 Å². The minimum absolute atomic E-state index is 0.0432. The Bertz CT molecular complexity index is 1350. The van der Waals surface area contributed by atoms with Crippen molar-refractivity contribution in [1.82, 2.24) is 14.5 Å². The second kappa shape index (κ2) is 9.55. The number of carbonyl (C=O) groups is 1. The number of carbonyl (C=O) groups excluding carboxylic acids is 1. The molecule has 2 aromatic heterocycles. The van der Waals surface area contributed by atoms with E-state index in [1.807, 2.05) is 0 Å². The van der Waals surface area contributed by atoms with Crippen LogP contribution in [-0.2, 0) is 7.05 Å². The molecule has 2 heterocycles. The second-order valence-corrected chi connectivity index (χ2v) is 8.62. The number of halogens is 4. The van der Waals surface area contributed by atoms with E-state index in [4.69, 9.17) is 5.11 Å². The molecule has 0 amide bonds. The molecule has 0 aliphatic heterocycles.